The Labute approximate surface area is 121 Å². The van der Waals surface area contributed by atoms with Crippen molar-refractivity contribution in [2.75, 3.05) is 31.6 Å². The Morgan fingerprint density at radius 3 is 2.60 bits per heavy atom. The number of nitrogens with zero attached hydrogens (tertiary/aromatic N) is 1. The molecule has 2 N–H and O–H groups in total. The third-order valence-electron chi connectivity index (χ3n) is 3.81. The van der Waals surface area contributed by atoms with E-state index in [1.54, 1.807) is 0 Å². The molecule has 110 valence electrons. The van der Waals surface area contributed by atoms with Gasteiger partial charge in [0.2, 0.25) is 5.91 Å². The van der Waals surface area contributed by atoms with Gasteiger partial charge >= 0.3 is 0 Å². The van der Waals surface area contributed by atoms with Gasteiger partial charge < -0.3 is 15.5 Å². The molecular weight excluding hydrogens is 250 g/mol. The second-order valence-corrected chi connectivity index (χ2v) is 5.37. The summed E-state index contributed by atoms with van der Waals surface area (Å²) in [6, 6.07) is 10.8. The third-order valence-corrected chi connectivity index (χ3v) is 3.81. The van der Waals surface area contributed by atoms with Crippen LogP contribution in [-0.4, -0.2) is 38.6 Å². The molecule has 0 spiro atoms. The summed E-state index contributed by atoms with van der Waals surface area (Å²) in [6.07, 6.45) is 3.60. The number of hydrogen-bond donors (Lipinski definition) is 2. The monoisotopic (exact) mass is 275 g/mol. The number of carbonyl (C=O) groups excluding carboxylic acids is 1. The van der Waals surface area contributed by atoms with Crippen LogP contribution < -0.4 is 15.5 Å². The van der Waals surface area contributed by atoms with Crippen molar-refractivity contribution in [2.24, 2.45) is 0 Å². The van der Waals surface area contributed by atoms with Crippen LogP contribution in [0.2, 0.25) is 0 Å². The summed E-state index contributed by atoms with van der Waals surface area (Å²) in [6.45, 7) is 2.94. The van der Waals surface area contributed by atoms with Gasteiger partial charge in [0.15, 0.2) is 0 Å². The quantitative estimate of drug-likeness (QED) is 0.778. The molecule has 0 saturated carbocycles. The van der Waals surface area contributed by atoms with Crippen molar-refractivity contribution >= 4 is 11.6 Å². The molecule has 0 aromatic heterocycles. The zero-order valence-corrected chi connectivity index (χ0v) is 12.3. The van der Waals surface area contributed by atoms with Crippen LogP contribution in [0, 0.1) is 0 Å². The molecule has 2 rings (SSSR count). The van der Waals surface area contributed by atoms with Crippen molar-refractivity contribution in [3.05, 3.63) is 30.3 Å². The average Bonchev–Trinajstić information content (AvgIpc) is 2.49. The van der Waals surface area contributed by atoms with E-state index in [0.717, 1.165) is 38.9 Å². The molecule has 1 aromatic rings. The molecule has 0 atom stereocenters. The molecule has 0 radical (unpaired) electrons. The molecule has 4 nitrogen and oxygen atoms in total. The highest BCUT2D eigenvalue weighted by molar-refractivity contribution is 5.76. The van der Waals surface area contributed by atoms with E-state index in [4.69, 9.17) is 0 Å². The minimum Gasteiger partial charge on any atom is -0.371 e. The van der Waals surface area contributed by atoms with Crippen LogP contribution in [-0.2, 0) is 4.79 Å². The lowest BCUT2D eigenvalue weighted by molar-refractivity contribution is -0.122. The van der Waals surface area contributed by atoms with Gasteiger partial charge in [-0.3, -0.25) is 4.79 Å². The molecule has 20 heavy (non-hydrogen) atoms. The number of para-hydroxylation sites is 1. The first kappa shape index (κ1) is 14.9. The van der Waals surface area contributed by atoms with E-state index in [0.29, 0.717) is 12.5 Å². The van der Waals surface area contributed by atoms with Gasteiger partial charge in [-0.05, 0) is 45.0 Å². The summed E-state index contributed by atoms with van der Waals surface area (Å²) >= 11 is 0. The first-order chi connectivity index (χ1) is 9.79. The van der Waals surface area contributed by atoms with Gasteiger partial charge in [0.05, 0.1) is 0 Å². The first-order valence-electron chi connectivity index (χ1n) is 7.53. The molecular formula is C16H25N3O. The second kappa shape index (κ2) is 7.90. The van der Waals surface area contributed by atoms with Crippen LogP contribution >= 0.6 is 0 Å². The Morgan fingerprint density at radius 1 is 1.25 bits per heavy atom. The smallest absolute Gasteiger partial charge is 0.220 e. The first-order valence-corrected chi connectivity index (χ1v) is 7.53. The van der Waals surface area contributed by atoms with Crippen LogP contribution in [0.3, 0.4) is 0 Å². The van der Waals surface area contributed by atoms with Crippen LogP contribution in [0.5, 0.6) is 0 Å². The second-order valence-electron chi connectivity index (χ2n) is 5.37. The maximum Gasteiger partial charge on any atom is 0.220 e. The maximum absolute atomic E-state index is 11.8. The molecule has 0 unspecified atom stereocenters. The van der Waals surface area contributed by atoms with Crippen molar-refractivity contribution < 1.29 is 4.79 Å². The van der Waals surface area contributed by atoms with E-state index in [2.05, 4.69) is 39.8 Å². The van der Waals surface area contributed by atoms with Gasteiger partial charge in [-0.1, -0.05) is 18.2 Å². The van der Waals surface area contributed by atoms with Gasteiger partial charge in [0, 0.05) is 31.2 Å². The van der Waals surface area contributed by atoms with Crippen molar-refractivity contribution in [2.45, 2.75) is 31.7 Å². The molecule has 1 fully saturated rings. The number of carbonyl (C=O) groups is 1. The predicted octanol–water partition coefficient (Wildman–Crippen LogP) is 1.77. The van der Waals surface area contributed by atoms with Gasteiger partial charge in [-0.25, -0.2) is 0 Å². The van der Waals surface area contributed by atoms with Crippen LogP contribution in [0.25, 0.3) is 0 Å². The molecule has 0 bridgehead atoms. The summed E-state index contributed by atoms with van der Waals surface area (Å²) in [4.78, 5) is 14.2. The number of rotatable bonds is 6. The Bertz CT molecular complexity index is 399. The summed E-state index contributed by atoms with van der Waals surface area (Å²) in [5.41, 5.74) is 1.28. The van der Waals surface area contributed by atoms with Gasteiger partial charge in [-0.15, -0.1) is 0 Å². The number of hydrogen-bond acceptors (Lipinski definition) is 3. The number of anilines is 1. The Balaban J connectivity index is 1.70. The summed E-state index contributed by atoms with van der Waals surface area (Å²) in [5, 5.41) is 6.22. The zero-order chi connectivity index (χ0) is 14.2. The summed E-state index contributed by atoms with van der Waals surface area (Å²) < 4.78 is 0. The highest BCUT2D eigenvalue weighted by Crippen LogP contribution is 2.19. The molecule has 1 aliphatic heterocycles. The fraction of sp³-hybridized carbons (Fsp3) is 0.562. The number of amides is 1. The number of piperidine rings is 1. The van der Waals surface area contributed by atoms with Crippen LogP contribution in [0.15, 0.2) is 30.3 Å². The van der Waals surface area contributed by atoms with E-state index in [-0.39, 0.29) is 5.91 Å². The summed E-state index contributed by atoms with van der Waals surface area (Å²) in [5.74, 6) is 0.193. The lowest BCUT2D eigenvalue weighted by Crippen LogP contribution is -2.44. The predicted molar refractivity (Wildman–Crippen MR) is 83.0 cm³/mol. The van der Waals surface area contributed by atoms with E-state index >= 15 is 0 Å². The van der Waals surface area contributed by atoms with E-state index in [1.165, 1.54) is 5.69 Å². The maximum atomic E-state index is 11.8. The fourth-order valence-corrected chi connectivity index (χ4v) is 2.65. The van der Waals surface area contributed by atoms with Crippen molar-refractivity contribution in [1.82, 2.24) is 10.6 Å². The zero-order valence-electron chi connectivity index (χ0n) is 12.3. The molecule has 1 saturated heterocycles. The molecule has 1 aliphatic rings. The third kappa shape index (κ3) is 4.53. The molecule has 1 aromatic carbocycles. The fourth-order valence-electron chi connectivity index (χ4n) is 2.65. The van der Waals surface area contributed by atoms with E-state index in [9.17, 15) is 4.79 Å². The van der Waals surface area contributed by atoms with Crippen LogP contribution in [0.1, 0.15) is 25.7 Å². The number of nitrogens with one attached hydrogen (secondary N) is 2. The highest BCUT2D eigenvalue weighted by atomic mass is 16.1. The largest absolute Gasteiger partial charge is 0.371 e. The summed E-state index contributed by atoms with van der Waals surface area (Å²) in [7, 11) is 1.91. The molecule has 1 amide bonds. The van der Waals surface area contributed by atoms with Crippen molar-refractivity contribution in [3.8, 4) is 0 Å². The lowest BCUT2D eigenvalue weighted by Gasteiger charge is -2.34. The van der Waals surface area contributed by atoms with Crippen molar-refractivity contribution in [3.63, 3.8) is 0 Å². The lowest BCUT2D eigenvalue weighted by atomic mass is 10.0. The topological polar surface area (TPSA) is 44.4 Å². The van der Waals surface area contributed by atoms with Gasteiger partial charge in [0.25, 0.3) is 0 Å². The highest BCUT2D eigenvalue weighted by Gasteiger charge is 2.20. The normalized spacial score (nSPS) is 16.1. The minimum absolute atomic E-state index is 0.193. The minimum atomic E-state index is 0.193. The average molecular weight is 275 g/mol. The number of benzene rings is 1. The van der Waals surface area contributed by atoms with Crippen molar-refractivity contribution in [1.29, 1.82) is 0 Å². The Hall–Kier alpha value is -1.55. The van der Waals surface area contributed by atoms with Gasteiger partial charge in [-0.2, -0.15) is 0 Å². The van der Waals surface area contributed by atoms with Gasteiger partial charge in [0.1, 0.15) is 0 Å². The Morgan fingerprint density at radius 2 is 1.95 bits per heavy atom. The van der Waals surface area contributed by atoms with E-state index < -0.39 is 0 Å². The molecule has 4 heteroatoms. The molecule has 1 heterocycles. The SMILES string of the molecule is CNCCCC(=O)NC1CCN(c2ccccc2)CC1. The van der Waals surface area contributed by atoms with E-state index in [1.807, 2.05) is 13.1 Å². The Kier molecular flexibility index (Phi) is 5.87. The molecule has 0 aliphatic carbocycles. The van der Waals surface area contributed by atoms with Crippen LogP contribution in [0.4, 0.5) is 5.69 Å². The standard InChI is InChI=1S/C16H25N3O/c1-17-11-5-8-16(20)18-14-9-12-19(13-10-14)15-6-3-2-4-7-15/h2-4,6-7,14,17H,5,8-13H2,1H3,(H,18,20).